The maximum absolute atomic E-state index is 6.24. The molecule has 0 aromatic heterocycles. The van der Waals surface area contributed by atoms with Crippen molar-refractivity contribution >= 4 is 23.2 Å². The lowest BCUT2D eigenvalue weighted by Gasteiger charge is -2.31. The summed E-state index contributed by atoms with van der Waals surface area (Å²) in [7, 11) is 0. The van der Waals surface area contributed by atoms with E-state index in [2.05, 4.69) is 41.7 Å². The molecule has 0 aliphatic carbocycles. The number of nitrogens with two attached hydrogens (primary N) is 1. The molecule has 1 aliphatic rings. The van der Waals surface area contributed by atoms with Crippen molar-refractivity contribution in [3.05, 3.63) is 69.7 Å². The van der Waals surface area contributed by atoms with Gasteiger partial charge in [-0.3, -0.25) is 0 Å². The van der Waals surface area contributed by atoms with E-state index in [0.717, 1.165) is 0 Å². The highest BCUT2D eigenvalue weighted by Crippen LogP contribution is 2.27. The zero-order valence-corrected chi connectivity index (χ0v) is 13.4. The molecule has 0 bridgehead atoms. The van der Waals surface area contributed by atoms with E-state index in [9.17, 15) is 0 Å². The van der Waals surface area contributed by atoms with Gasteiger partial charge in [0, 0.05) is 11.1 Å². The molecule has 0 amide bonds. The number of nitrogens with one attached hydrogen (secondary N) is 1. The second-order valence-corrected chi connectivity index (χ2v) is 6.36. The van der Waals surface area contributed by atoms with Crippen molar-refractivity contribution < 1.29 is 10.2 Å². The summed E-state index contributed by atoms with van der Waals surface area (Å²) in [6.07, 6.45) is 0. The molecule has 1 fully saturated rings. The number of halogens is 2. The van der Waals surface area contributed by atoms with E-state index in [1.165, 1.54) is 37.3 Å². The minimum absolute atomic E-state index is 0.328. The normalized spacial score (nSPS) is 17.6. The number of quaternary nitrogens is 2. The predicted molar refractivity (Wildman–Crippen MR) is 87.1 cm³/mol. The van der Waals surface area contributed by atoms with Gasteiger partial charge < -0.3 is 10.2 Å². The summed E-state index contributed by atoms with van der Waals surface area (Å²) >= 11 is 12.3. The molecule has 0 radical (unpaired) electrons. The van der Waals surface area contributed by atoms with Crippen LogP contribution in [0.1, 0.15) is 17.2 Å². The molecule has 0 spiro atoms. The third kappa shape index (κ3) is 3.41. The molecule has 1 heterocycles. The van der Waals surface area contributed by atoms with Crippen molar-refractivity contribution in [2.45, 2.75) is 6.04 Å². The molecule has 0 saturated carbocycles. The topological polar surface area (TPSA) is 21.1 Å². The van der Waals surface area contributed by atoms with Crippen LogP contribution < -0.4 is 10.2 Å². The first kappa shape index (κ1) is 14.9. The summed E-state index contributed by atoms with van der Waals surface area (Å²) in [5.41, 5.74) is 2.58. The first-order valence-electron chi connectivity index (χ1n) is 7.42. The van der Waals surface area contributed by atoms with Crippen LogP contribution in [0.25, 0.3) is 0 Å². The lowest BCUT2D eigenvalue weighted by molar-refractivity contribution is -0.967. The Morgan fingerprint density at radius 1 is 0.857 bits per heavy atom. The van der Waals surface area contributed by atoms with Crippen molar-refractivity contribution in [3.63, 3.8) is 0 Å². The van der Waals surface area contributed by atoms with E-state index in [1.807, 2.05) is 12.1 Å². The van der Waals surface area contributed by atoms with Gasteiger partial charge in [-0.05, 0) is 12.1 Å². The average molecular weight is 323 g/mol. The van der Waals surface area contributed by atoms with Crippen molar-refractivity contribution in [1.82, 2.24) is 0 Å². The molecule has 1 aliphatic heterocycles. The summed E-state index contributed by atoms with van der Waals surface area (Å²) in [5, 5.41) is 3.65. The van der Waals surface area contributed by atoms with Gasteiger partial charge in [-0.1, -0.05) is 59.6 Å². The van der Waals surface area contributed by atoms with E-state index in [-0.39, 0.29) is 0 Å². The minimum atomic E-state index is 0.328. The van der Waals surface area contributed by atoms with Gasteiger partial charge in [0.2, 0.25) is 0 Å². The molecule has 3 N–H and O–H groups in total. The van der Waals surface area contributed by atoms with Crippen LogP contribution in [0.3, 0.4) is 0 Å². The molecule has 2 aromatic rings. The maximum atomic E-state index is 6.24. The van der Waals surface area contributed by atoms with Crippen molar-refractivity contribution in [1.29, 1.82) is 0 Å². The molecule has 2 nitrogen and oxygen atoms in total. The Morgan fingerprint density at radius 3 is 2.24 bits per heavy atom. The molecule has 21 heavy (non-hydrogen) atoms. The third-order valence-electron chi connectivity index (χ3n) is 4.16. The lowest BCUT2D eigenvalue weighted by atomic mass is 9.96. The highest BCUT2D eigenvalue weighted by atomic mass is 35.5. The molecule has 3 rings (SSSR count). The van der Waals surface area contributed by atoms with Crippen LogP contribution in [0, 0.1) is 0 Å². The number of benzene rings is 2. The zero-order valence-electron chi connectivity index (χ0n) is 11.9. The van der Waals surface area contributed by atoms with Crippen molar-refractivity contribution in [2.75, 3.05) is 26.2 Å². The summed E-state index contributed by atoms with van der Waals surface area (Å²) in [5.74, 6) is 0. The molecule has 0 unspecified atom stereocenters. The highest BCUT2D eigenvalue weighted by Gasteiger charge is 2.29. The van der Waals surface area contributed by atoms with Crippen LogP contribution in [0.15, 0.2) is 48.5 Å². The van der Waals surface area contributed by atoms with Gasteiger partial charge in [-0.2, -0.15) is 0 Å². The van der Waals surface area contributed by atoms with Crippen LogP contribution in [-0.4, -0.2) is 26.2 Å². The smallest absolute Gasteiger partial charge is 0.139 e. The van der Waals surface area contributed by atoms with Crippen molar-refractivity contribution in [2.24, 2.45) is 0 Å². The molecule has 1 saturated heterocycles. The van der Waals surface area contributed by atoms with Gasteiger partial charge in [0.05, 0.1) is 10.0 Å². The van der Waals surface area contributed by atoms with Crippen LogP contribution in [0.2, 0.25) is 10.0 Å². The quantitative estimate of drug-likeness (QED) is 0.855. The summed E-state index contributed by atoms with van der Waals surface area (Å²) in [6.45, 7) is 4.69. The second-order valence-electron chi connectivity index (χ2n) is 5.54. The molecule has 110 valence electrons. The predicted octanol–water partition coefficient (Wildman–Crippen LogP) is 1.54. The summed E-state index contributed by atoms with van der Waals surface area (Å²) in [4.78, 5) is 1.60. The van der Waals surface area contributed by atoms with E-state index in [0.29, 0.717) is 16.1 Å². The van der Waals surface area contributed by atoms with Gasteiger partial charge in [0.1, 0.15) is 32.2 Å². The van der Waals surface area contributed by atoms with Gasteiger partial charge in [0.15, 0.2) is 0 Å². The standard InChI is InChI=1S/C17H18Cl2N2/c18-15-7-6-14(12-16(15)19)17(13-4-2-1-3-5-13)21-10-8-20-9-11-21/h1-7,12,17,20H,8-11H2/p+2/t17-/m0/s1. The second kappa shape index (κ2) is 6.80. The first-order valence-corrected chi connectivity index (χ1v) is 8.17. The van der Waals surface area contributed by atoms with Gasteiger partial charge in [0.25, 0.3) is 0 Å². The fourth-order valence-electron chi connectivity index (χ4n) is 3.13. The van der Waals surface area contributed by atoms with Gasteiger partial charge in [-0.25, -0.2) is 0 Å². The first-order chi connectivity index (χ1) is 10.3. The molecule has 4 heteroatoms. The van der Waals surface area contributed by atoms with Crippen LogP contribution in [0.5, 0.6) is 0 Å². The van der Waals surface area contributed by atoms with Crippen LogP contribution in [-0.2, 0) is 0 Å². The van der Waals surface area contributed by atoms with Crippen LogP contribution in [0.4, 0.5) is 0 Å². The van der Waals surface area contributed by atoms with Gasteiger partial charge in [-0.15, -0.1) is 0 Å². The van der Waals surface area contributed by atoms with Crippen LogP contribution >= 0.6 is 23.2 Å². The fraction of sp³-hybridized carbons (Fsp3) is 0.294. The Kier molecular flexibility index (Phi) is 4.81. The van der Waals surface area contributed by atoms with Crippen molar-refractivity contribution in [3.8, 4) is 0 Å². The fourth-order valence-corrected chi connectivity index (χ4v) is 3.44. The average Bonchev–Trinajstić information content (AvgIpc) is 2.53. The summed E-state index contributed by atoms with van der Waals surface area (Å²) in [6, 6.07) is 17.1. The zero-order chi connectivity index (χ0) is 14.7. The largest absolute Gasteiger partial charge is 0.337 e. The monoisotopic (exact) mass is 322 g/mol. The van der Waals surface area contributed by atoms with E-state index < -0.39 is 0 Å². The molecule has 2 aromatic carbocycles. The van der Waals surface area contributed by atoms with E-state index >= 15 is 0 Å². The Labute approximate surface area is 135 Å². The van der Waals surface area contributed by atoms with E-state index in [4.69, 9.17) is 23.2 Å². The SMILES string of the molecule is Clc1ccc([C@H](c2ccccc2)[NH+]2CC[NH2+]CC2)cc1Cl. The van der Waals surface area contributed by atoms with Gasteiger partial charge >= 0.3 is 0 Å². The number of hydrogen-bond donors (Lipinski definition) is 2. The molecular weight excluding hydrogens is 303 g/mol. The Morgan fingerprint density at radius 2 is 1.57 bits per heavy atom. The number of piperazine rings is 1. The lowest BCUT2D eigenvalue weighted by Crippen LogP contribution is -3.20. The number of rotatable bonds is 3. The molecular formula is C17H20Cl2N2+2. The minimum Gasteiger partial charge on any atom is -0.337 e. The number of hydrogen-bond acceptors (Lipinski definition) is 0. The maximum Gasteiger partial charge on any atom is 0.139 e. The molecule has 1 atom stereocenters. The van der Waals surface area contributed by atoms with E-state index in [1.54, 1.807) is 4.90 Å². The Hall–Kier alpha value is -1.06. The third-order valence-corrected chi connectivity index (χ3v) is 4.90. The highest BCUT2D eigenvalue weighted by molar-refractivity contribution is 6.42. The Balaban J connectivity index is 2.00. The summed E-state index contributed by atoms with van der Waals surface area (Å²) < 4.78 is 0. The Bertz CT molecular complexity index is 595.